The monoisotopic (exact) mass is 215 g/mol. The van der Waals surface area contributed by atoms with Gasteiger partial charge >= 0.3 is 0 Å². The van der Waals surface area contributed by atoms with Gasteiger partial charge in [0.15, 0.2) is 0 Å². The predicted molar refractivity (Wildman–Crippen MR) is 62.9 cm³/mol. The summed E-state index contributed by atoms with van der Waals surface area (Å²) in [5.41, 5.74) is 0. The van der Waals surface area contributed by atoms with Crippen LogP contribution in [0.15, 0.2) is 0 Å². The quantitative estimate of drug-likeness (QED) is 0.702. The lowest BCUT2D eigenvalue weighted by atomic mass is 9.91. The summed E-state index contributed by atoms with van der Waals surface area (Å²) >= 11 is 0. The maximum atomic E-state index is 11.4. The minimum absolute atomic E-state index is 0.0378. The van der Waals surface area contributed by atoms with Gasteiger partial charge in [-0.25, -0.2) is 0 Å². The second-order valence-electron chi connectivity index (χ2n) is 4.63. The Hall–Kier alpha value is -0.410. The summed E-state index contributed by atoms with van der Waals surface area (Å²) in [5, 5.41) is 10.1. The zero-order valence-corrected chi connectivity index (χ0v) is 10.7. The largest absolute Gasteiger partial charge is 0.391 e. The molecule has 0 fully saturated rings. The predicted octanol–water partition coefficient (Wildman–Crippen LogP) is 1.69. The van der Waals surface area contributed by atoms with E-state index in [0.717, 1.165) is 19.3 Å². The van der Waals surface area contributed by atoms with Crippen LogP contribution in [0.1, 0.15) is 40.0 Å². The van der Waals surface area contributed by atoms with Crippen molar-refractivity contribution in [2.75, 3.05) is 14.1 Å². The fraction of sp³-hybridized carbons (Fsp3) is 0.917. The Balaban J connectivity index is 4.35. The first-order valence-electron chi connectivity index (χ1n) is 5.76. The van der Waals surface area contributed by atoms with Gasteiger partial charge < -0.3 is 5.11 Å². The van der Waals surface area contributed by atoms with Crippen molar-refractivity contribution < 1.29 is 9.90 Å². The minimum atomic E-state index is -0.552. The number of ketones is 1. The van der Waals surface area contributed by atoms with E-state index in [1.54, 1.807) is 11.8 Å². The highest BCUT2D eigenvalue weighted by Gasteiger charge is 2.29. The van der Waals surface area contributed by atoms with E-state index in [4.69, 9.17) is 0 Å². The Morgan fingerprint density at radius 3 is 2.27 bits per heavy atom. The summed E-state index contributed by atoms with van der Waals surface area (Å²) in [6.07, 6.45) is 2.67. The van der Waals surface area contributed by atoms with Gasteiger partial charge in [-0.1, -0.05) is 26.7 Å². The van der Waals surface area contributed by atoms with Gasteiger partial charge in [0.2, 0.25) is 0 Å². The Labute approximate surface area is 93.5 Å². The third-order valence-corrected chi connectivity index (χ3v) is 2.89. The molecule has 0 aliphatic heterocycles. The Bertz CT molecular complexity index is 192. The molecule has 3 atom stereocenters. The summed E-state index contributed by atoms with van der Waals surface area (Å²) in [6, 6.07) is -0.364. The number of likely N-dealkylation sites (N-methyl/N-ethyl adjacent to an activating group) is 1. The van der Waals surface area contributed by atoms with Crippen LogP contribution in [-0.2, 0) is 4.79 Å². The molecular weight excluding hydrogens is 190 g/mol. The lowest BCUT2D eigenvalue weighted by molar-refractivity contribution is -0.126. The average Bonchev–Trinajstić information content (AvgIpc) is 2.12. The number of Topliss-reactive ketones (excluding diaryl/α,β-unsaturated/α-hetero) is 1. The van der Waals surface area contributed by atoms with Crippen molar-refractivity contribution in [3.8, 4) is 0 Å². The van der Waals surface area contributed by atoms with Gasteiger partial charge in [0.1, 0.15) is 5.78 Å². The highest BCUT2D eigenvalue weighted by molar-refractivity contribution is 5.82. The molecule has 0 saturated carbocycles. The smallest absolute Gasteiger partial charge is 0.149 e. The van der Waals surface area contributed by atoms with E-state index in [1.165, 1.54) is 0 Å². The van der Waals surface area contributed by atoms with Crippen molar-refractivity contribution in [3.05, 3.63) is 0 Å². The molecule has 0 spiro atoms. The molecule has 3 heteroatoms. The van der Waals surface area contributed by atoms with E-state index in [9.17, 15) is 9.90 Å². The number of hydrogen-bond donors (Lipinski definition) is 1. The highest BCUT2D eigenvalue weighted by atomic mass is 16.3. The number of rotatable bonds is 7. The van der Waals surface area contributed by atoms with Gasteiger partial charge in [-0.15, -0.1) is 0 Å². The SMILES string of the molecule is CCCCC(C)C(O)C(C(C)=O)N(C)C. The van der Waals surface area contributed by atoms with Gasteiger partial charge in [-0.3, -0.25) is 9.69 Å². The lowest BCUT2D eigenvalue weighted by Crippen LogP contribution is -2.47. The van der Waals surface area contributed by atoms with Crippen LogP contribution in [0.3, 0.4) is 0 Å². The van der Waals surface area contributed by atoms with Crippen molar-refractivity contribution in [2.45, 2.75) is 52.2 Å². The maximum absolute atomic E-state index is 11.4. The summed E-state index contributed by atoms with van der Waals surface area (Å²) in [4.78, 5) is 13.2. The molecule has 0 radical (unpaired) electrons. The molecule has 0 aliphatic carbocycles. The number of carbonyl (C=O) groups excluding carboxylic acids is 1. The molecule has 0 rings (SSSR count). The third-order valence-electron chi connectivity index (χ3n) is 2.89. The topological polar surface area (TPSA) is 40.5 Å². The minimum Gasteiger partial charge on any atom is -0.391 e. The van der Waals surface area contributed by atoms with Gasteiger partial charge in [0.05, 0.1) is 12.1 Å². The highest BCUT2D eigenvalue weighted by Crippen LogP contribution is 2.17. The molecule has 0 aromatic heterocycles. The van der Waals surface area contributed by atoms with Crippen LogP contribution >= 0.6 is 0 Å². The number of aliphatic hydroxyl groups excluding tert-OH is 1. The molecule has 0 aliphatic rings. The molecule has 0 aromatic rings. The van der Waals surface area contributed by atoms with Crippen LogP contribution in [0.4, 0.5) is 0 Å². The molecule has 3 nitrogen and oxygen atoms in total. The summed E-state index contributed by atoms with van der Waals surface area (Å²) in [6.45, 7) is 5.69. The number of unbranched alkanes of at least 4 members (excludes halogenated alkanes) is 1. The van der Waals surface area contributed by atoms with Crippen molar-refractivity contribution >= 4 is 5.78 Å². The fourth-order valence-corrected chi connectivity index (χ4v) is 1.92. The van der Waals surface area contributed by atoms with Gasteiger partial charge in [0.25, 0.3) is 0 Å². The molecule has 0 aromatic carbocycles. The normalized spacial score (nSPS) is 17.5. The van der Waals surface area contributed by atoms with Gasteiger partial charge in [0, 0.05) is 0 Å². The zero-order valence-electron chi connectivity index (χ0n) is 10.7. The second kappa shape index (κ2) is 6.96. The van der Waals surface area contributed by atoms with Gasteiger partial charge in [-0.05, 0) is 33.4 Å². The van der Waals surface area contributed by atoms with E-state index in [0.29, 0.717) is 0 Å². The van der Waals surface area contributed by atoms with Crippen LogP contribution in [-0.4, -0.2) is 42.0 Å². The molecule has 0 bridgehead atoms. The zero-order chi connectivity index (χ0) is 12.0. The Kier molecular flexibility index (Phi) is 6.77. The molecule has 15 heavy (non-hydrogen) atoms. The Morgan fingerprint density at radius 2 is 1.93 bits per heavy atom. The molecular formula is C12H25NO2. The summed E-state index contributed by atoms with van der Waals surface area (Å²) < 4.78 is 0. The van der Waals surface area contributed by atoms with Crippen LogP contribution in [0, 0.1) is 5.92 Å². The second-order valence-corrected chi connectivity index (χ2v) is 4.63. The molecule has 3 unspecified atom stereocenters. The van der Waals surface area contributed by atoms with Crippen LogP contribution in [0.25, 0.3) is 0 Å². The molecule has 0 saturated heterocycles. The van der Waals surface area contributed by atoms with Crippen LogP contribution in [0.2, 0.25) is 0 Å². The first-order valence-corrected chi connectivity index (χ1v) is 5.76. The van der Waals surface area contributed by atoms with Crippen molar-refractivity contribution in [3.63, 3.8) is 0 Å². The molecule has 0 amide bonds. The number of aliphatic hydroxyl groups is 1. The molecule has 1 N–H and O–H groups in total. The Morgan fingerprint density at radius 1 is 1.40 bits per heavy atom. The van der Waals surface area contributed by atoms with Crippen molar-refractivity contribution in [1.29, 1.82) is 0 Å². The van der Waals surface area contributed by atoms with Crippen molar-refractivity contribution in [1.82, 2.24) is 4.90 Å². The average molecular weight is 215 g/mol. The van der Waals surface area contributed by atoms with Crippen LogP contribution in [0.5, 0.6) is 0 Å². The van der Waals surface area contributed by atoms with Crippen LogP contribution < -0.4 is 0 Å². The number of hydrogen-bond acceptors (Lipinski definition) is 3. The van der Waals surface area contributed by atoms with Gasteiger partial charge in [-0.2, -0.15) is 0 Å². The lowest BCUT2D eigenvalue weighted by Gasteiger charge is -2.30. The van der Waals surface area contributed by atoms with E-state index in [1.807, 2.05) is 21.0 Å². The van der Waals surface area contributed by atoms with E-state index in [2.05, 4.69) is 6.92 Å². The summed E-state index contributed by atoms with van der Waals surface area (Å²) in [5.74, 6) is 0.220. The standard InChI is InChI=1S/C12H25NO2/c1-6-7-8-9(2)12(15)11(10(3)14)13(4)5/h9,11-12,15H,6-8H2,1-5H3. The molecule has 0 heterocycles. The molecule has 90 valence electrons. The van der Waals surface area contributed by atoms with E-state index < -0.39 is 6.10 Å². The maximum Gasteiger partial charge on any atom is 0.149 e. The number of carbonyl (C=O) groups is 1. The summed E-state index contributed by atoms with van der Waals surface area (Å²) in [7, 11) is 3.67. The number of nitrogens with zero attached hydrogens (tertiary/aromatic N) is 1. The fourth-order valence-electron chi connectivity index (χ4n) is 1.92. The van der Waals surface area contributed by atoms with E-state index >= 15 is 0 Å². The van der Waals surface area contributed by atoms with E-state index in [-0.39, 0.29) is 17.7 Å². The third kappa shape index (κ3) is 4.76. The first-order chi connectivity index (χ1) is 6.91. The van der Waals surface area contributed by atoms with Crippen molar-refractivity contribution in [2.24, 2.45) is 5.92 Å². The first kappa shape index (κ1) is 14.6.